The number of morpholine rings is 1. The molecule has 1 fully saturated rings. The number of benzene rings is 3. The molecule has 2 aliphatic rings. The van der Waals surface area contributed by atoms with Crippen molar-refractivity contribution in [3.05, 3.63) is 60.2 Å². The van der Waals surface area contributed by atoms with E-state index in [1.165, 1.54) is 5.56 Å². The molecule has 3 aromatic rings. The van der Waals surface area contributed by atoms with Crippen LogP contribution in [0.2, 0.25) is 0 Å². The van der Waals surface area contributed by atoms with Crippen LogP contribution in [0, 0.1) is 0 Å². The molecular formula is C24H23NO4. The first-order valence-corrected chi connectivity index (χ1v) is 10.1. The lowest BCUT2D eigenvalue weighted by Crippen LogP contribution is -2.42. The number of hydrogen-bond donors (Lipinski definition) is 0. The van der Waals surface area contributed by atoms with Crippen molar-refractivity contribution in [1.82, 2.24) is 4.90 Å². The quantitative estimate of drug-likeness (QED) is 0.683. The number of fused-ring (bicyclic) bond motifs is 2. The zero-order chi connectivity index (χ0) is 19.6. The summed E-state index contributed by atoms with van der Waals surface area (Å²) in [5, 5.41) is 2.09. The van der Waals surface area contributed by atoms with Crippen molar-refractivity contribution in [2.75, 3.05) is 39.5 Å². The fourth-order valence-electron chi connectivity index (χ4n) is 4.10. The Balaban J connectivity index is 1.46. The molecule has 0 atom stereocenters. The van der Waals surface area contributed by atoms with Gasteiger partial charge < -0.3 is 19.1 Å². The van der Waals surface area contributed by atoms with Crippen LogP contribution in [0.1, 0.15) is 5.56 Å². The maximum absolute atomic E-state index is 12.5. The standard InChI is InChI=1S/C24H23NO4/c26-23(25-11-14-27-15-12-25)16-29-22-9-8-19(18-5-1-2-6-20(18)22)21-7-3-4-17-10-13-28-24(17)21/h1-9H,10-16H2. The van der Waals surface area contributed by atoms with Crippen molar-refractivity contribution in [2.24, 2.45) is 0 Å². The summed E-state index contributed by atoms with van der Waals surface area (Å²) in [4.78, 5) is 14.2. The minimum absolute atomic E-state index is 0.00395. The summed E-state index contributed by atoms with van der Waals surface area (Å²) in [5.41, 5.74) is 3.47. The van der Waals surface area contributed by atoms with Crippen molar-refractivity contribution < 1.29 is 19.0 Å². The molecule has 1 saturated heterocycles. The lowest BCUT2D eigenvalue weighted by molar-refractivity contribution is -0.137. The van der Waals surface area contributed by atoms with Crippen LogP contribution in [0.4, 0.5) is 0 Å². The molecular weight excluding hydrogens is 366 g/mol. The van der Waals surface area contributed by atoms with Gasteiger partial charge in [0.25, 0.3) is 5.91 Å². The zero-order valence-corrected chi connectivity index (χ0v) is 16.2. The zero-order valence-electron chi connectivity index (χ0n) is 16.2. The first-order chi connectivity index (χ1) is 14.3. The van der Waals surface area contributed by atoms with Crippen LogP contribution in [-0.4, -0.2) is 50.3 Å². The molecule has 1 amide bonds. The molecule has 0 aliphatic carbocycles. The third kappa shape index (κ3) is 3.42. The van der Waals surface area contributed by atoms with E-state index in [0.29, 0.717) is 26.3 Å². The summed E-state index contributed by atoms with van der Waals surface area (Å²) in [7, 11) is 0. The Labute approximate surface area is 169 Å². The Kier molecular flexibility index (Phi) is 4.82. The van der Waals surface area contributed by atoms with Crippen LogP contribution in [0.25, 0.3) is 21.9 Å². The topological polar surface area (TPSA) is 48.0 Å². The second kappa shape index (κ2) is 7.76. The van der Waals surface area contributed by atoms with E-state index in [4.69, 9.17) is 14.2 Å². The van der Waals surface area contributed by atoms with Crippen molar-refractivity contribution in [3.8, 4) is 22.6 Å². The lowest BCUT2D eigenvalue weighted by Gasteiger charge is -2.26. The molecule has 0 radical (unpaired) electrons. The van der Waals surface area contributed by atoms with Crippen molar-refractivity contribution in [3.63, 3.8) is 0 Å². The van der Waals surface area contributed by atoms with E-state index in [1.807, 2.05) is 24.3 Å². The van der Waals surface area contributed by atoms with Crippen LogP contribution in [0.3, 0.4) is 0 Å². The lowest BCUT2D eigenvalue weighted by atomic mass is 9.95. The summed E-state index contributed by atoms with van der Waals surface area (Å²) >= 11 is 0. The summed E-state index contributed by atoms with van der Waals surface area (Å²) < 4.78 is 17.2. The van der Waals surface area contributed by atoms with Gasteiger partial charge in [0, 0.05) is 30.5 Å². The first kappa shape index (κ1) is 18.0. The Hall–Kier alpha value is -3.05. The summed E-state index contributed by atoms with van der Waals surface area (Å²) in [5.74, 6) is 1.70. The van der Waals surface area contributed by atoms with Crippen molar-refractivity contribution in [1.29, 1.82) is 0 Å². The second-order valence-corrected chi connectivity index (χ2v) is 7.33. The Bertz CT molecular complexity index is 1060. The van der Waals surface area contributed by atoms with Gasteiger partial charge in [-0.05, 0) is 28.6 Å². The second-order valence-electron chi connectivity index (χ2n) is 7.33. The average molecular weight is 389 g/mol. The van der Waals surface area contributed by atoms with Gasteiger partial charge in [0.15, 0.2) is 6.61 Å². The number of nitrogens with zero attached hydrogens (tertiary/aromatic N) is 1. The van der Waals surface area contributed by atoms with Gasteiger partial charge in [-0.15, -0.1) is 0 Å². The maximum Gasteiger partial charge on any atom is 0.260 e. The van der Waals surface area contributed by atoms with Gasteiger partial charge >= 0.3 is 0 Å². The van der Waals surface area contributed by atoms with Gasteiger partial charge in [0.1, 0.15) is 11.5 Å². The number of ether oxygens (including phenoxy) is 3. The Morgan fingerprint density at radius 2 is 1.72 bits per heavy atom. The summed E-state index contributed by atoms with van der Waals surface area (Å²) in [6, 6.07) is 18.5. The van der Waals surface area contributed by atoms with Crippen molar-refractivity contribution in [2.45, 2.75) is 6.42 Å². The minimum Gasteiger partial charge on any atom is -0.492 e. The van der Waals surface area contributed by atoms with Gasteiger partial charge in [-0.1, -0.05) is 42.5 Å². The molecule has 5 nitrogen and oxygen atoms in total. The van der Waals surface area contributed by atoms with E-state index in [0.717, 1.165) is 46.4 Å². The molecule has 0 spiro atoms. The van der Waals surface area contributed by atoms with E-state index in [2.05, 4.69) is 30.3 Å². The fraction of sp³-hybridized carbons (Fsp3) is 0.292. The SMILES string of the molecule is O=C(COc1ccc(-c2cccc3c2OCC3)c2ccccc12)N1CCOCC1. The number of rotatable bonds is 4. The summed E-state index contributed by atoms with van der Waals surface area (Å²) in [6.45, 7) is 3.20. The van der Waals surface area contributed by atoms with Gasteiger partial charge in [-0.25, -0.2) is 0 Å². The minimum atomic E-state index is -0.00395. The molecule has 0 unspecified atom stereocenters. The first-order valence-electron chi connectivity index (χ1n) is 10.1. The largest absolute Gasteiger partial charge is 0.492 e. The molecule has 5 heteroatoms. The van der Waals surface area contributed by atoms with Crippen LogP contribution >= 0.6 is 0 Å². The normalized spacial score (nSPS) is 15.8. The van der Waals surface area contributed by atoms with E-state index in [-0.39, 0.29) is 12.5 Å². The van der Waals surface area contributed by atoms with Crippen LogP contribution in [0.5, 0.6) is 11.5 Å². The van der Waals surface area contributed by atoms with Gasteiger partial charge in [0.05, 0.1) is 19.8 Å². The highest BCUT2D eigenvalue weighted by atomic mass is 16.5. The number of hydrogen-bond acceptors (Lipinski definition) is 4. The molecule has 29 heavy (non-hydrogen) atoms. The predicted octanol–water partition coefficient (Wildman–Crippen LogP) is 3.68. The molecule has 3 aromatic carbocycles. The number of para-hydroxylation sites is 1. The number of carbonyl (C=O) groups is 1. The van der Waals surface area contributed by atoms with Gasteiger partial charge in [0.2, 0.25) is 0 Å². The molecule has 0 bridgehead atoms. The van der Waals surface area contributed by atoms with Crippen LogP contribution in [-0.2, 0) is 16.0 Å². The predicted molar refractivity (Wildman–Crippen MR) is 111 cm³/mol. The molecule has 148 valence electrons. The average Bonchev–Trinajstić information content (AvgIpc) is 3.27. The fourth-order valence-corrected chi connectivity index (χ4v) is 4.10. The summed E-state index contributed by atoms with van der Waals surface area (Å²) in [6.07, 6.45) is 0.950. The number of amides is 1. The molecule has 0 N–H and O–H groups in total. The molecule has 2 aliphatic heterocycles. The molecule has 0 saturated carbocycles. The number of carbonyl (C=O) groups excluding carboxylic acids is 1. The van der Waals surface area contributed by atoms with E-state index in [1.54, 1.807) is 4.90 Å². The third-order valence-electron chi connectivity index (χ3n) is 5.60. The highest BCUT2D eigenvalue weighted by Gasteiger charge is 2.20. The van der Waals surface area contributed by atoms with Crippen LogP contribution in [0.15, 0.2) is 54.6 Å². The molecule has 2 heterocycles. The highest BCUT2D eigenvalue weighted by Crippen LogP contribution is 2.41. The Morgan fingerprint density at radius 1 is 0.897 bits per heavy atom. The van der Waals surface area contributed by atoms with E-state index >= 15 is 0 Å². The smallest absolute Gasteiger partial charge is 0.260 e. The van der Waals surface area contributed by atoms with Gasteiger partial charge in [-0.3, -0.25) is 4.79 Å². The van der Waals surface area contributed by atoms with E-state index < -0.39 is 0 Å². The Morgan fingerprint density at radius 3 is 2.59 bits per heavy atom. The molecule has 5 rings (SSSR count). The molecule has 0 aromatic heterocycles. The van der Waals surface area contributed by atoms with Gasteiger partial charge in [-0.2, -0.15) is 0 Å². The highest BCUT2D eigenvalue weighted by molar-refractivity contribution is 6.01. The van der Waals surface area contributed by atoms with Crippen LogP contribution < -0.4 is 9.47 Å². The monoisotopic (exact) mass is 389 g/mol. The third-order valence-corrected chi connectivity index (χ3v) is 5.60. The maximum atomic E-state index is 12.5. The van der Waals surface area contributed by atoms with E-state index in [9.17, 15) is 4.79 Å². The van der Waals surface area contributed by atoms with Crippen molar-refractivity contribution >= 4 is 16.7 Å².